The lowest BCUT2D eigenvalue weighted by Gasteiger charge is -2.46. The zero-order chi connectivity index (χ0) is 25.1. The third kappa shape index (κ3) is 8.52. The summed E-state index contributed by atoms with van der Waals surface area (Å²) in [6, 6.07) is 0. The van der Waals surface area contributed by atoms with Gasteiger partial charge in [-0.1, -0.05) is 58.3 Å². The molecule has 2 aliphatic heterocycles. The average Bonchev–Trinajstić information content (AvgIpc) is 2.84. The smallest absolute Gasteiger partial charge is 0.187 e. The molecule has 0 amide bonds. The molecule has 0 unspecified atom stereocenters. The van der Waals surface area contributed by atoms with Gasteiger partial charge in [-0.05, 0) is 12.2 Å². The number of ether oxygens (including phenoxy) is 3. The fourth-order valence-electron chi connectivity index (χ4n) is 4.31. The van der Waals surface area contributed by atoms with Gasteiger partial charge >= 0.3 is 0 Å². The number of hydrogen-bond donors (Lipinski definition) is 7. The molecule has 0 aromatic carbocycles. The first-order valence-corrected chi connectivity index (χ1v) is 13.6. The molecule has 10 nitrogen and oxygen atoms in total. The number of aliphatic hydroxyl groups excluding tert-OH is 7. The first kappa shape index (κ1) is 30.2. The Hall–Kier alpha value is -0.0500. The molecule has 0 aromatic rings. The average molecular weight is 513 g/mol. The zero-order valence-electron chi connectivity index (χ0n) is 20.0. The maximum Gasteiger partial charge on any atom is 0.187 e. The van der Waals surface area contributed by atoms with Gasteiger partial charge in [-0.25, -0.2) is 0 Å². The number of thioether (sulfide) groups is 1. The highest BCUT2D eigenvalue weighted by atomic mass is 32.2. The van der Waals surface area contributed by atoms with Crippen LogP contribution in [0.25, 0.3) is 0 Å². The monoisotopic (exact) mass is 512 g/mol. The van der Waals surface area contributed by atoms with E-state index in [0.29, 0.717) is 0 Å². The van der Waals surface area contributed by atoms with Crippen LogP contribution in [0.5, 0.6) is 0 Å². The van der Waals surface area contributed by atoms with Gasteiger partial charge in [-0.3, -0.25) is 0 Å². The largest absolute Gasteiger partial charge is 0.394 e. The summed E-state index contributed by atoms with van der Waals surface area (Å²) in [6.45, 7) is 1.07. The molecule has 34 heavy (non-hydrogen) atoms. The first-order chi connectivity index (χ1) is 16.3. The van der Waals surface area contributed by atoms with E-state index in [4.69, 9.17) is 14.2 Å². The van der Waals surface area contributed by atoms with Gasteiger partial charge in [0.25, 0.3) is 0 Å². The molecule has 2 rings (SSSR count). The normalized spacial score (nSPS) is 38.8. The van der Waals surface area contributed by atoms with Crippen LogP contribution in [-0.2, 0) is 14.2 Å². The van der Waals surface area contributed by atoms with Gasteiger partial charge in [-0.2, -0.15) is 0 Å². The fraction of sp³-hybridized carbons (Fsp3) is 1.00. The minimum atomic E-state index is -1.67. The molecule has 2 fully saturated rings. The molecule has 0 aromatic heterocycles. The number of aliphatic hydroxyl groups is 7. The molecule has 0 spiro atoms. The van der Waals surface area contributed by atoms with Crippen LogP contribution in [0.4, 0.5) is 0 Å². The Morgan fingerprint density at radius 3 is 1.82 bits per heavy atom. The van der Waals surface area contributed by atoms with Crippen LogP contribution >= 0.6 is 11.8 Å². The van der Waals surface area contributed by atoms with E-state index in [2.05, 4.69) is 6.92 Å². The second-order valence-corrected chi connectivity index (χ2v) is 10.4. The number of unbranched alkanes of at least 4 members (excludes halogenated alkanes) is 8. The topological polar surface area (TPSA) is 169 Å². The van der Waals surface area contributed by atoms with Crippen LogP contribution in [-0.4, -0.2) is 115 Å². The van der Waals surface area contributed by atoms with E-state index < -0.39 is 73.8 Å². The predicted molar refractivity (Wildman–Crippen MR) is 126 cm³/mol. The Bertz CT molecular complexity index is 540. The van der Waals surface area contributed by atoms with Gasteiger partial charge in [-0.15, -0.1) is 11.8 Å². The van der Waals surface area contributed by atoms with E-state index in [1.54, 1.807) is 0 Å². The minimum absolute atomic E-state index is 0.513. The highest BCUT2D eigenvalue weighted by Crippen LogP contribution is 2.33. The number of rotatable bonds is 15. The van der Waals surface area contributed by atoms with Crippen LogP contribution in [0.3, 0.4) is 0 Å². The third-order valence-corrected chi connectivity index (χ3v) is 7.73. The van der Waals surface area contributed by atoms with Gasteiger partial charge in [0.05, 0.1) is 13.2 Å². The quantitative estimate of drug-likeness (QED) is 0.146. The van der Waals surface area contributed by atoms with Crippen molar-refractivity contribution in [1.82, 2.24) is 0 Å². The molecule has 7 N–H and O–H groups in total. The second-order valence-electron chi connectivity index (χ2n) is 9.20. The van der Waals surface area contributed by atoms with Gasteiger partial charge < -0.3 is 50.0 Å². The minimum Gasteiger partial charge on any atom is -0.394 e. The molecule has 10 atom stereocenters. The molecule has 11 heteroatoms. The summed E-state index contributed by atoms with van der Waals surface area (Å²) in [4.78, 5) is 0. The lowest BCUT2D eigenvalue weighted by atomic mass is 9.97. The van der Waals surface area contributed by atoms with Gasteiger partial charge in [0, 0.05) is 0 Å². The highest BCUT2D eigenvalue weighted by molar-refractivity contribution is 7.99. The predicted octanol–water partition coefficient (Wildman–Crippen LogP) is -0.125. The zero-order valence-corrected chi connectivity index (χ0v) is 20.8. The molecule has 2 heterocycles. The molecule has 0 saturated carbocycles. The molecule has 2 saturated heterocycles. The highest BCUT2D eigenvalue weighted by Gasteiger charge is 2.50. The van der Waals surface area contributed by atoms with Crippen LogP contribution in [0.2, 0.25) is 0 Å². The van der Waals surface area contributed by atoms with Crippen molar-refractivity contribution in [2.24, 2.45) is 0 Å². The van der Waals surface area contributed by atoms with E-state index >= 15 is 0 Å². The molecule has 2 aliphatic rings. The van der Waals surface area contributed by atoms with Crippen molar-refractivity contribution >= 4 is 11.8 Å². The molecule has 0 aliphatic carbocycles. The standard InChI is InChI=1S/C23H44O10S/c1-2-3-4-5-6-7-8-9-10-11-34-23-20(30)18(28)21(15(13-25)32-23)33-22-19(29)17(27)16(26)14(12-24)31-22/h14-30H,2-13H2,1H3/t14-,15-,16+,17+,18-,19+,20+,21+,22+,23-/m0/s1. The fourth-order valence-corrected chi connectivity index (χ4v) is 5.49. The van der Waals surface area contributed by atoms with Crippen molar-refractivity contribution in [2.75, 3.05) is 19.0 Å². The van der Waals surface area contributed by atoms with Gasteiger partial charge in [0.15, 0.2) is 6.29 Å². The Labute approximate surface area is 206 Å². The van der Waals surface area contributed by atoms with Gasteiger partial charge in [0.1, 0.15) is 54.3 Å². The first-order valence-electron chi connectivity index (χ1n) is 12.6. The molecular formula is C23H44O10S. The third-order valence-electron chi connectivity index (χ3n) is 6.49. The summed E-state index contributed by atoms with van der Waals surface area (Å²) < 4.78 is 16.7. The van der Waals surface area contributed by atoms with Crippen LogP contribution in [0.1, 0.15) is 64.7 Å². The summed E-state index contributed by atoms with van der Waals surface area (Å²) in [6.07, 6.45) is -1.73. The van der Waals surface area contributed by atoms with Crippen molar-refractivity contribution in [3.8, 4) is 0 Å². The molecule has 0 radical (unpaired) electrons. The van der Waals surface area contributed by atoms with Crippen LogP contribution in [0, 0.1) is 0 Å². The summed E-state index contributed by atoms with van der Waals surface area (Å²) >= 11 is 1.37. The Morgan fingerprint density at radius 1 is 0.647 bits per heavy atom. The van der Waals surface area contributed by atoms with Crippen molar-refractivity contribution in [3.05, 3.63) is 0 Å². The van der Waals surface area contributed by atoms with Crippen LogP contribution in [0.15, 0.2) is 0 Å². The van der Waals surface area contributed by atoms with E-state index in [1.807, 2.05) is 0 Å². The van der Waals surface area contributed by atoms with E-state index in [0.717, 1.165) is 25.0 Å². The van der Waals surface area contributed by atoms with Crippen molar-refractivity contribution < 1.29 is 50.0 Å². The summed E-state index contributed by atoms with van der Waals surface area (Å²) in [7, 11) is 0. The summed E-state index contributed by atoms with van der Waals surface area (Å²) in [5.41, 5.74) is -0.754. The second kappa shape index (κ2) is 15.9. The van der Waals surface area contributed by atoms with Crippen molar-refractivity contribution in [1.29, 1.82) is 0 Å². The van der Waals surface area contributed by atoms with E-state index in [-0.39, 0.29) is 0 Å². The van der Waals surface area contributed by atoms with E-state index in [1.165, 1.54) is 50.3 Å². The molecular weight excluding hydrogens is 468 g/mol. The van der Waals surface area contributed by atoms with E-state index in [9.17, 15) is 35.7 Å². The lowest BCUT2D eigenvalue weighted by Crippen LogP contribution is -2.64. The molecule has 0 bridgehead atoms. The maximum absolute atomic E-state index is 10.7. The lowest BCUT2D eigenvalue weighted by molar-refractivity contribution is -0.338. The maximum atomic E-state index is 10.7. The van der Waals surface area contributed by atoms with Crippen molar-refractivity contribution in [2.45, 2.75) is 125 Å². The summed E-state index contributed by atoms with van der Waals surface area (Å²) in [5.74, 6) is 0.737. The summed E-state index contributed by atoms with van der Waals surface area (Å²) in [5, 5.41) is 70.3. The SMILES string of the molecule is CCCCCCCCCCCS[C@@H]1O[C@@H](CO)[C@@H](O[C@H]2O[C@@H](CO)[C@@H](O)[C@@H](O)[C@H]2O)[C@@H](O)[C@H]1O. The van der Waals surface area contributed by atoms with Crippen LogP contribution < -0.4 is 0 Å². The Kier molecular flexibility index (Phi) is 14.1. The number of hydrogen-bond acceptors (Lipinski definition) is 11. The Morgan fingerprint density at radius 2 is 1.24 bits per heavy atom. The molecule has 202 valence electrons. The van der Waals surface area contributed by atoms with Gasteiger partial charge in [0.2, 0.25) is 0 Å². The van der Waals surface area contributed by atoms with Crippen molar-refractivity contribution in [3.63, 3.8) is 0 Å². The Balaban J connectivity index is 1.78.